The molecule has 0 saturated heterocycles. The summed E-state index contributed by atoms with van der Waals surface area (Å²) in [4.78, 5) is 0. The van der Waals surface area contributed by atoms with Crippen LogP contribution in [0.4, 0.5) is 0 Å². The summed E-state index contributed by atoms with van der Waals surface area (Å²) in [5.41, 5.74) is 0. The zero-order valence-corrected chi connectivity index (χ0v) is 12.0. The fourth-order valence-electron chi connectivity index (χ4n) is 1.44. The van der Waals surface area contributed by atoms with E-state index in [2.05, 4.69) is 0 Å². The maximum absolute atomic E-state index is 11.9. The first-order valence-corrected chi connectivity index (χ1v) is 8.55. The molecule has 98 valence electrons. The van der Waals surface area contributed by atoms with E-state index >= 15 is 0 Å². The van der Waals surface area contributed by atoms with Gasteiger partial charge in [-0.3, -0.25) is 0 Å². The zero-order valence-electron chi connectivity index (χ0n) is 10.3. The Morgan fingerprint density at radius 1 is 1.38 bits per heavy atom. The van der Waals surface area contributed by atoms with E-state index in [1.54, 1.807) is 18.8 Å². The van der Waals surface area contributed by atoms with Crippen molar-refractivity contribution in [3.8, 4) is 0 Å². The van der Waals surface area contributed by atoms with Gasteiger partial charge in [0.15, 0.2) is 0 Å². The normalized spacial score (nSPS) is 14.3. The van der Waals surface area contributed by atoms with Gasteiger partial charge in [0.1, 0.15) is 0 Å². The summed E-state index contributed by atoms with van der Waals surface area (Å²) >= 11 is 1.66. The van der Waals surface area contributed by atoms with Crippen LogP contribution in [0.15, 0.2) is 0 Å². The van der Waals surface area contributed by atoms with Crippen LogP contribution in [0.3, 0.4) is 0 Å². The first-order valence-electron chi connectivity index (χ1n) is 5.55. The lowest BCUT2D eigenvalue weighted by atomic mass is 10.3. The molecule has 4 nitrogen and oxygen atoms in total. The van der Waals surface area contributed by atoms with Crippen molar-refractivity contribution in [1.82, 2.24) is 4.31 Å². The molecule has 0 aromatic rings. The van der Waals surface area contributed by atoms with Crippen molar-refractivity contribution in [3.05, 3.63) is 0 Å². The highest BCUT2D eigenvalue weighted by atomic mass is 32.2. The number of unbranched alkanes of at least 4 members (excludes halogenated alkanes) is 1. The molecular formula is C10H23NO3S2. The van der Waals surface area contributed by atoms with Crippen LogP contribution in [-0.2, 0) is 10.0 Å². The van der Waals surface area contributed by atoms with Crippen LogP contribution >= 0.6 is 11.8 Å². The summed E-state index contributed by atoms with van der Waals surface area (Å²) in [5, 5.41) is 8.63. The van der Waals surface area contributed by atoms with E-state index in [1.807, 2.05) is 13.2 Å². The lowest BCUT2D eigenvalue weighted by Gasteiger charge is -2.25. The quantitative estimate of drug-likeness (QED) is 0.638. The molecule has 0 aromatic carbocycles. The predicted molar refractivity (Wildman–Crippen MR) is 70.3 cm³/mol. The van der Waals surface area contributed by atoms with Crippen LogP contribution in [-0.4, -0.2) is 55.3 Å². The molecule has 0 aromatic heterocycles. The number of aliphatic hydroxyl groups is 1. The van der Waals surface area contributed by atoms with Gasteiger partial charge in [-0.25, -0.2) is 12.7 Å². The van der Waals surface area contributed by atoms with Gasteiger partial charge in [-0.15, -0.1) is 0 Å². The number of hydrogen-bond acceptors (Lipinski definition) is 4. The molecule has 1 N–H and O–H groups in total. The molecule has 0 saturated carbocycles. The number of thioether (sulfide) groups is 1. The van der Waals surface area contributed by atoms with Gasteiger partial charge in [0.25, 0.3) is 0 Å². The molecule has 0 aliphatic rings. The number of rotatable bonds is 9. The Labute approximate surface area is 103 Å². The average Bonchev–Trinajstić information content (AvgIpc) is 2.25. The molecular weight excluding hydrogens is 246 g/mol. The standard InChI is InChI=1S/C10H23NO3S2/c1-4-10(9-15-3)11(2)16(13,14)8-6-5-7-12/h10,12H,4-9H2,1-3H3. The second-order valence-electron chi connectivity index (χ2n) is 3.78. The number of sulfonamides is 1. The summed E-state index contributed by atoms with van der Waals surface area (Å²) < 4.78 is 25.3. The molecule has 0 bridgehead atoms. The van der Waals surface area contributed by atoms with Gasteiger partial charge in [0.05, 0.1) is 5.75 Å². The molecule has 0 radical (unpaired) electrons. The molecule has 0 fully saturated rings. The van der Waals surface area contributed by atoms with Crippen molar-refractivity contribution < 1.29 is 13.5 Å². The monoisotopic (exact) mass is 269 g/mol. The molecule has 16 heavy (non-hydrogen) atoms. The van der Waals surface area contributed by atoms with Gasteiger partial charge in [0, 0.05) is 25.4 Å². The Balaban J connectivity index is 4.36. The summed E-state index contributed by atoms with van der Waals surface area (Å²) in [5.74, 6) is 0.959. The highest BCUT2D eigenvalue weighted by Gasteiger charge is 2.24. The zero-order chi connectivity index (χ0) is 12.6. The largest absolute Gasteiger partial charge is 0.396 e. The third kappa shape index (κ3) is 5.52. The second kappa shape index (κ2) is 8.33. The van der Waals surface area contributed by atoms with E-state index in [4.69, 9.17) is 5.11 Å². The smallest absolute Gasteiger partial charge is 0.214 e. The Bertz CT molecular complexity index is 267. The highest BCUT2D eigenvalue weighted by molar-refractivity contribution is 7.98. The average molecular weight is 269 g/mol. The Morgan fingerprint density at radius 3 is 2.44 bits per heavy atom. The van der Waals surface area contributed by atoms with E-state index < -0.39 is 10.0 Å². The van der Waals surface area contributed by atoms with E-state index in [0.29, 0.717) is 12.8 Å². The van der Waals surface area contributed by atoms with Crippen LogP contribution in [0.25, 0.3) is 0 Å². The predicted octanol–water partition coefficient (Wildman–Crippen LogP) is 1.16. The third-order valence-corrected chi connectivity index (χ3v) is 5.29. The first kappa shape index (κ1) is 16.2. The summed E-state index contributed by atoms with van der Waals surface area (Å²) in [7, 11) is -1.51. The Hall–Kier alpha value is 0.220. The van der Waals surface area contributed by atoms with Gasteiger partial charge < -0.3 is 5.11 Å². The SMILES string of the molecule is CCC(CSC)N(C)S(=O)(=O)CCCCO. The Kier molecular flexibility index (Phi) is 8.45. The lowest BCUT2D eigenvalue weighted by Crippen LogP contribution is -2.39. The number of aliphatic hydroxyl groups excluding tert-OH is 1. The van der Waals surface area contributed by atoms with Crippen LogP contribution in [0, 0.1) is 0 Å². The maximum atomic E-state index is 11.9. The van der Waals surface area contributed by atoms with Crippen LogP contribution in [0.2, 0.25) is 0 Å². The van der Waals surface area contributed by atoms with Crippen LogP contribution < -0.4 is 0 Å². The molecule has 0 heterocycles. The van der Waals surface area contributed by atoms with E-state index in [9.17, 15) is 8.42 Å². The van der Waals surface area contributed by atoms with Gasteiger partial charge in [-0.2, -0.15) is 11.8 Å². The minimum atomic E-state index is -3.16. The summed E-state index contributed by atoms with van der Waals surface area (Å²) in [6, 6.07) is 0.0779. The number of nitrogens with zero attached hydrogens (tertiary/aromatic N) is 1. The number of hydrogen-bond donors (Lipinski definition) is 1. The fraction of sp³-hybridized carbons (Fsp3) is 1.00. The summed E-state index contributed by atoms with van der Waals surface area (Å²) in [6.07, 6.45) is 3.89. The Morgan fingerprint density at radius 2 is 2.00 bits per heavy atom. The topological polar surface area (TPSA) is 57.6 Å². The molecule has 0 spiro atoms. The van der Waals surface area contributed by atoms with Crippen molar-refractivity contribution >= 4 is 21.8 Å². The van der Waals surface area contributed by atoms with Crippen LogP contribution in [0.5, 0.6) is 0 Å². The molecule has 0 aliphatic heterocycles. The van der Waals surface area contributed by atoms with Gasteiger partial charge in [-0.1, -0.05) is 6.92 Å². The van der Waals surface area contributed by atoms with Crippen molar-refractivity contribution in [2.24, 2.45) is 0 Å². The molecule has 1 atom stereocenters. The first-order chi connectivity index (χ1) is 7.49. The van der Waals surface area contributed by atoms with Crippen molar-refractivity contribution in [3.63, 3.8) is 0 Å². The van der Waals surface area contributed by atoms with Gasteiger partial charge in [-0.05, 0) is 25.5 Å². The maximum Gasteiger partial charge on any atom is 0.214 e. The summed E-state index contributed by atoms with van der Waals surface area (Å²) in [6.45, 7) is 2.06. The fourth-order valence-corrected chi connectivity index (χ4v) is 3.91. The minimum Gasteiger partial charge on any atom is -0.396 e. The van der Waals surface area contributed by atoms with E-state index in [1.165, 1.54) is 4.31 Å². The molecule has 0 amide bonds. The van der Waals surface area contributed by atoms with Gasteiger partial charge >= 0.3 is 0 Å². The van der Waals surface area contributed by atoms with E-state index in [0.717, 1.165) is 12.2 Å². The third-order valence-electron chi connectivity index (χ3n) is 2.59. The molecule has 6 heteroatoms. The van der Waals surface area contributed by atoms with E-state index in [-0.39, 0.29) is 18.4 Å². The second-order valence-corrected chi connectivity index (χ2v) is 6.84. The molecule has 1 unspecified atom stereocenters. The van der Waals surface area contributed by atoms with Gasteiger partial charge in [0.2, 0.25) is 10.0 Å². The van der Waals surface area contributed by atoms with Crippen molar-refractivity contribution in [2.45, 2.75) is 32.2 Å². The minimum absolute atomic E-state index is 0.0568. The lowest BCUT2D eigenvalue weighted by molar-refractivity contribution is 0.286. The van der Waals surface area contributed by atoms with Crippen molar-refractivity contribution in [2.75, 3.05) is 31.4 Å². The molecule has 0 rings (SSSR count). The highest BCUT2D eigenvalue weighted by Crippen LogP contribution is 2.13. The van der Waals surface area contributed by atoms with Crippen LogP contribution in [0.1, 0.15) is 26.2 Å². The van der Waals surface area contributed by atoms with Crippen molar-refractivity contribution in [1.29, 1.82) is 0 Å². The molecule has 0 aliphatic carbocycles.